The Morgan fingerprint density at radius 2 is 1.84 bits per heavy atom. The number of nitrogens with zero attached hydrogens (tertiary/aromatic N) is 2. The van der Waals surface area contributed by atoms with Gasteiger partial charge in [-0.25, -0.2) is 0 Å². The molecule has 0 saturated heterocycles. The molecule has 0 amide bonds. The van der Waals surface area contributed by atoms with E-state index in [4.69, 9.17) is 0 Å². The zero-order valence-electron chi connectivity index (χ0n) is 13.6. The summed E-state index contributed by atoms with van der Waals surface area (Å²) in [4.78, 5) is 4.87. The smallest absolute Gasteiger partial charge is 0.0110 e. The minimum Gasteiger partial charge on any atom is -0.313 e. The highest BCUT2D eigenvalue weighted by molar-refractivity contribution is 4.76. The van der Waals surface area contributed by atoms with Crippen LogP contribution in [0, 0.1) is 5.92 Å². The Balaban J connectivity index is 2.15. The molecule has 19 heavy (non-hydrogen) atoms. The van der Waals surface area contributed by atoms with Gasteiger partial charge in [-0.1, -0.05) is 26.7 Å². The maximum absolute atomic E-state index is 3.77. The lowest BCUT2D eigenvalue weighted by Gasteiger charge is -2.29. The first kappa shape index (κ1) is 16.9. The quantitative estimate of drug-likeness (QED) is 0.693. The summed E-state index contributed by atoms with van der Waals surface area (Å²) < 4.78 is 0. The molecule has 2 unspecified atom stereocenters. The molecule has 0 aromatic heterocycles. The predicted molar refractivity (Wildman–Crippen MR) is 84.7 cm³/mol. The van der Waals surface area contributed by atoms with Gasteiger partial charge in [-0.2, -0.15) is 0 Å². The SMILES string of the molecule is CCCN(CCNC1CCCC(C)C1)CCN(C)C. The molecule has 0 aromatic rings. The van der Waals surface area contributed by atoms with Crippen molar-refractivity contribution < 1.29 is 0 Å². The molecule has 1 saturated carbocycles. The van der Waals surface area contributed by atoms with Gasteiger partial charge >= 0.3 is 0 Å². The van der Waals surface area contributed by atoms with Crippen molar-refractivity contribution >= 4 is 0 Å². The topological polar surface area (TPSA) is 18.5 Å². The van der Waals surface area contributed by atoms with Crippen LogP contribution in [0.1, 0.15) is 46.0 Å². The van der Waals surface area contributed by atoms with E-state index in [0.29, 0.717) is 0 Å². The molecule has 3 heteroatoms. The van der Waals surface area contributed by atoms with Crippen molar-refractivity contribution in [3.05, 3.63) is 0 Å². The van der Waals surface area contributed by atoms with E-state index in [1.165, 1.54) is 58.3 Å². The second-order valence-electron chi connectivity index (χ2n) is 6.57. The maximum atomic E-state index is 3.77. The molecule has 0 spiro atoms. The highest BCUT2D eigenvalue weighted by Gasteiger charge is 2.18. The van der Waals surface area contributed by atoms with E-state index in [-0.39, 0.29) is 0 Å². The van der Waals surface area contributed by atoms with Crippen LogP contribution in [0.3, 0.4) is 0 Å². The van der Waals surface area contributed by atoms with Crippen molar-refractivity contribution in [2.45, 2.75) is 52.0 Å². The summed E-state index contributed by atoms with van der Waals surface area (Å²) in [6.45, 7) is 10.6. The Morgan fingerprint density at radius 3 is 2.47 bits per heavy atom. The summed E-state index contributed by atoms with van der Waals surface area (Å²) in [5.41, 5.74) is 0. The molecule has 3 nitrogen and oxygen atoms in total. The van der Waals surface area contributed by atoms with Crippen molar-refractivity contribution in [1.29, 1.82) is 0 Å². The fourth-order valence-electron chi connectivity index (χ4n) is 3.04. The molecule has 0 bridgehead atoms. The van der Waals surface area contributed by atoms with Gasteiger partial charge in [0.2, 0.25) is 0 Å². The molecular weight excluding hydrogens is 234 g/mol. The molecule has 0 aliphatic heterocycles. The van der Waals surface area contributed by atoms with Gasteiger partial charge < -0.3 is 15.1 Å². The summed E-state index contributed by atoms with van der Waals surface area (Å²) in [6, 6.07) is 0.779. The Hall–Kier alpha value is -0.120. The highest BCUT2D eigenvalue weighted by Crippen LogP contribution is 2.23. The van der Waals surface area contributed by atoms with Crippen LogP contribution in [0.4, 0.5) is 0 Å². The van der Waals surface area contributed by atoms with Crippen LogP contribution in [0.2, 0.25) is 0 Å². The van der Waals surface area contributed by atoms with E-state index < -0.39 is 0 Å². The fraction of sp³-hybridized carbons (Fsp3) is 1.00. The molecule has 1 rings (SSSR count). The van der Waals surface area contributed by atoms with Crippen LogP contribution >= 0.6 is 0 Å². The average Bonchev–Trinajstić information content (AvgIpc) is 2.36. The van der Waals surface area contributed by atoms with Gasteiger partial charge in [0.05, 0.1) is 0 Å². The standard InChI is InChI=1S/C16H35N3/c1-5-10-19(13-12-18(3)4)11-9-17-16-8-6-7-15(2)14-16/h15-17H,5-14H2,1-4H3. The highest BCUT2D eigenvalue weighted by atomic mass is 15.2. The van der Waals surface area contributed by atoms with Gasteiger partial charge in [0.25, 0.3) is 0 Å². The molecule has 1 N–H and O–H groups in total. The number of rotatable bonds is 9. The van der Waals surface area contributed by atoms with Crippen LogP contribution in [0.5, 0.6) is 0 Å². The molecule has 1 fully saturated rings. The van der Waals surface area contributed by atoms with Gasteiger partial charge in [-0.05, 0) is 45.8 Å². The average molecular weight is 269 g/mol. The van der Waals surface area contributed by atoms with Crippen molar-refractivity contribution in [3.8, 4) is 0 Å². The third-order valence-corrected chi connectivity index (χ3v) is 4.20. The van der Waals surface area contributed by atoms with E-state index in [1.807, 2.05) is 0 Å². The normalized spacial score (nSPS) is 24.3. The lowest BCUT2D eigenvalue weighted by atomic mass is 9.87. The van der Waals surface area contributed by atoms with Crippen molar-refractivity contribution in [3.63, 3.8) is 0 Å². The molecule has 2 atom stereocenters. The molecule has 0 radical (unpaired) electrons. The second-order valence-corrected chi connectivity index (χ2v) is 6.57. The Bertz CT molecular complexity index is 218. The minimum absolute atomic E-state index is 0.779. The van der Waals surface area contributed by atoms with Crippen molar-refractivity contribution in [2.24, 2.45) is 5.92 Å². The molecule has 1 aliphatic carbocycles. The van der Waals surface area contributed by atoms with Crippen LogP contribution in [-0.4, -0.2) is 62.7 Å². The zero-order valence-corrected chi connectivity index (χ0v) is 13.6. The van der Waals surface area contributed by atoms with Gasteiger partial charge in [-0.15, -0.1) is 0 Å². The first-order valence-corrected chi connectivity index (χ1v) is 8.22. The number of hydrogen-bond donors (Lipinski definition) is 1. The monoisotopic (exact) mass is 269 g/mol. The van der Waals surface area contributed by atoms with Gasteiger partial charge in [0, 0.05) is 32.2 Å². The largest absolute Gasteiger partial charge is 0.313 e. The third kappa shape index (κ3) is 7.91. The summed E-state index contributed by atoms with van der Waals surface area (Å²) in [6.07, 6.45) is 6.87. The molecule has 0 heterocycles. The van der Waals surface area contributed by atoms with E-state index >= 15 is 0 Å². The Kier molecular flexibility index (Phi) is 8.67. The summed E-state index contributed by atoms with van der Waals surface area (Å²) >= 11 is 0. The molecule has 114 valence electrons. The number of hydrogen-bond acceptors (Lipinski definition) is 3. The van der Waals surface area contributed by atoms with E-state index in [2.05, 4.69) is 43.1 Å². The first-order valence-electron chi connectivity index (χ1n) is 8.22. The fourth-order valence-corrected chi connectivity index (χ4v) is 3.04. The second kappa shape index (κ2) is 9.73. The van der Waals surface area contributed by atoms with Crippen molar-refractivity contribution in [1.82, 2.24) is 15.1 Å². The van der Waals surface area contributed by atoms with Crippen LogP contribution < -0.4 is 5.32 Å². The van der Waals surface area contributed by atoms with Crippen LogP contribution in [0.15, 0.2) is 0 Å². The summed E-state index contributed by atoms with van der Waals surface area (Å²) in [7, 11) is 4.32. The third-order valence-electron chi connectivity index (χ3n) is 4.20. The van der Waals surface area contributed by atoms with Crippen LogP contribution in [-0.2, 0) is 0 Å². The zero-order chi connectivity index (χ0) is 14.1. The van der Waals surface area contributed by atoms with E-state index in [9.17, 15) is 0 Å². The Labute approximate surface area is 120 Å². The first-order chi connectivity index (χ1) is 9.11. The summed E-state index contributed by atoms with van der Waals surface area (Å²) in [5, 5.41) is 3.77. The van der Waals surface area contributed by atoms with Gasteiger partial charge in [-0.3, -0.25) is 0 Å². The molecule has 1 aliphatic rings. The molecule has 0 aromatic carbocycles. The maximum Gasteiger partial charge on any atom is 0.0110 e. The number of likely N-dealkylation sites (N-methyl/N-ethyl adjacent to an activating group) is 1. The van der Waals surface area contributed by atoms with E-state index in [1.54, 1.807) is 0 Å². The Morgan fingerprint density at radius 1 is 1.05 bits per heavy atom. The van der Waals surface area contributed by atoms with E-state index in [0.717, 1.165) is 18.5 Å². The number of nitrogens with one attached hydrogen (secondary N) is 1. The molecular formula is C16H35N3. The summed E-state index contributed by atoms with van der Waals surface area (Å²) in [5.74, 6) is 0.923. The lowest BCUT2D eigenvalue weighted by Crippen LogP contribution is -2.41. The van der Waals surface area contributed by atoms with Crippen LogP contribution in [0.25, 0.3) is 0 Å². The van der Waals surface area contributed by atoms with Crippen molar-refractivity contribution in [2.75, 3.05) is 46.8 Å². The predicted octanol–water partition coefficient (Wildman–Crippen LogP) is 2.43. The van der Waals surface area contributed by atoms with Gasteiger partial charge in [0.15, 0.2) is 0 Å². The van der Waals surface area contributed by atoms with Gasteiger partial charge in [0.1, 0.15) is 0 Å². The minimum atomic E-state index is 0.779. The lowest BCUT2D eigenvalue weighted by molar-refractivity contribution is 0.229.